The first-order valence-electron chi connectivity index (χ1n) is 7.94. The summed E-state index contributed by atoms with van der Waals surface area (Å²) in [4.78, 5) is 21.2. The third kappa shape index (κ3) is 6.22. The molecule has 2 aromatic rings. The highest BCUT2D eigenvalue weighted by Crippen LogP contribution is 2.04. The maximum absolute atomic E-state index is 11.4. The maximum Gasteiger partial charge on any atom is 0.293 e. The zero-order chi connectivity index (χ0) is 17.0. The van der Waals surface area contributed by atoms with Crippen molar-refractivity contribution in [2.45, 2.75) is 19.1 Å². The minimum absolute atomic E-state index is 0.0638. The minimum atomic E-state index is -0.0638. The van der Waals surface area contributed by atoms with Gasteiger partial charge in [0.1, 0.15) is 6.61 Å². The number of piperazine rings is 1. The van der Waals surface area contributed by atoms with Crippen LogP contribution in [0, 0.1) is 0 Å². The molecule has 1 amide bonds. The summed E-state index contributed by atoms with van der Waals surface area (Å²) in [6.07, 6.45) is 0.771. The molecule has 1 aliphatic heterocycles. The van der Waals surface area contributed by atoms with Gasteiger partial charge in [0.05, 0.1) is 6.04 Å². The van der Waals surface area contributed by atoms with Gasteiger partial charge >= 0.3 is 0 Å². The van der Waals surface area contributed by atoms with Crippen LogP contribution in [0.1, 0.15) is 11.1 Å². The summed E-state index contributed by atoms with van der Waals surface area (Å²) in [5, 5.41) is 6.06. The quantitative estimate of drug-likeness (QED) is 0.821. The lowest BCUT2D eigenvalue weighted by atomic mass is 10.0. The molecule has 0 saturated carbocycles. The van der Waals surface area contributed by atoms with E-state index >= 15 is 0 Å². The highest BCUT2D eigenvalue weighted by molar-refractivity contribution is 5.82. The first-order chi connectivity index (χ1) is 11.8. The molecule has 1 aliphatic rings. The third-order valence-corrected chi connectivity index (χ3v) is 3.57. The molecule has 5 heteroatoms. The minimum Gasteiger partial charge on any atom is -0.463 e. The molecule has 1 saturated heterocycles. The van der Waals surface area contributed by atoms with Gasteiger partial charge in [-0.1, -0.05) is 60.7 Å². The molecule has 1 unspecified atom stereocenters. The van der Waals surface area contributed by atoms with E-state index in [0.717, 1.165) is 25.1 Å². The Morgan fingerprint density at radius 3 is 2.17 bits per heavy atom. The molecule has 1 heterocycles. The van der Waals surface area contributed by atoms with Crippen LogP contribution in [0.3, 0.4) is 0 Å². The molecule has 2 aromatic carbocycles. The number of amides is 1. The van der Waals surface area contributed by atoms with Crippen molar-refractivity contribution in [2.75, 3.05) is 13.1 Å². The Balaban J connectivity index is 0.000000185. The lowest BCUT2D eigenvalue weighted by Crippen LogP contribution is -2.53. The van der Waals surface area contributed by atoms with Crippen LogP contribution in [0.5, 0.6) is 0 Å². The lowest BCUT2D eigenvalue weighted by Gasteiger charge is -2.23. The number of nitrogens with one attached hydrogen (secondary N) is 2. The van der Waals surface area contributed by atoms with Crippen molar-refractivity contribution < 1.29 is 14.3 Å². The molecule has 1 fully saturated rings. The molecule has 0 aromatic heterocycles. The summed E-state index contributed by atoms with van der Waals surface area (Å²) in [5.74, 6) is 0.111. The molecule has 24 heavy (non-hydrogen) atoms. The fourth-order valence-corrected chi connectivity index (χ4v) is 2.37. The van der Waals surface area contributed by atoms with Crippen molar-refractivity contribution in [3.63, 3.8) is 0 Å². The van der Waals surface area contributed by atoms with E-state index in [1.807, 2.05) is 60.7 Å². The Kier molecular flexibility index (Phi) is 7.50. The van der Waals surface area contributed by atoms with Gasteiger partial charge in [-0.25, -0.2) is 0 Å². The van der Waals surface area contributed by atoms with Gasteiger partial charge in [-0.3, -0.25) is 9.59 Å². The Hall–Kier alpha value is -2.66. The van der Waals surface area contributed by atoms with Crippen molar-refractivity contribution in [3.05, 3.63) is 71.8 Å². The fraction of sp³-hybridized carbons (Fsp3) is 0.263. The van der Waals surface area contributed by atoms with Gasteiger partial charge in [-0.15, -0.1) is 0 Å². The predicted octanol–water partition coefficient (Wildman–Crippen LogP) is 1.68. The number of hydrogen-bond acceptors (Lipinski definition) is 4. The van der Waals surface area contributed by atoms with Crippen LogP contribution < -0.4 is 10.6 Å². The SMILES string of the molecule is O=C1NCCNC1Cc1ccccc1.O=COCc1ccccc1. The smallest absolute Gasteiger partial charge is 0.293 e. The van der Waals surface area contributed by atoms with E-state index in [9.17, 15) is 9.59 Å². The normalized spacial score (nSPS) is 16.3. The van der Waals surface area contributed by atoms with Gasteiger partial charge in [0.2, 0.25) is 5.91 Å². The molecule has 0 aliphatic carbocycles. The molecule has 0 spiro atoms. The van der Waals surface area contributed by atoms with Gasteiger partial charge in [-0.05, 0) is 17.5 Å². The van der Waals surface area contributed by atoms with Crippen LogP contribution in [-0.2, 0) is 27.4 Å². The van der Waals surface area contributed by atoms with Crippen LogP contribution in [-0.4, -0.2) is 31.5 Å². The first-order valence-corrected chi connectivity index (χ1v) is 7.94. The number of benzene rings is 2. The third-order valence-electron chi connectivity index (χ3n) is 3.57. The summed E-state index contributed by atoms with van der Waals surface area (Å²) in [6.45, 7) is 2.42. The van der Waals surface area contributed by atoms with E-state index in [1.54, 1.807) is 0 Å². The number of carbonyl (C=O) groups is 2. The van der Waals surface area contributed by atoms with Gasteiger partial charge in [-0.2, -0.15) is 0 Å². The zero-order valence-corrected chi connectivity index (χ0v) is 13.5. The molecular weight excluding hydrogens is 304 g/mol. The van der Waals surface area contributed by atoms with Crippen LogP contribution in [0.2, 0.25) is 0 Å². The number of carbonyl (C=O) groups excluding carboxylic acids is 2. The molecule has 2 N–H and O–H groups in total. The van der Waals surface area contributed by atoms with E-state index in [2.05, 4.69) is 15.4 Å². The van der Waals surface area contributed by atoms with E-state index in [4.69, 9.17) is 0 Å². The average molecular weight is 326 g/mol. The topological polar surface area (TPSA) is 67.4 Å². The van der Waals surface area contributed by atoms with Crippen molar-refractivity contribution in [2.24, 2.45) is 0 Å². The van der Waals surface area contributed by atoms with Gasteiger partial charge < -0.3 is 15.4 Å². The molecule has 3 rings (SSSR count). The molecule has 1 atom stereocenters. The van der Waals surface area contributed by atoms with Crippen molar-refractivity contribution in [3.8, 4) is 0 Å². The highest BCUT2D eigenvalue weighted by atomic mass is 16.5. The highest BCUT2D eigenvalue weighted by Gasteiger charge is 2.20. The summed E-state index contributed by atoms with van der Waals surface area (Å²) in [5.41, 5.74) is 2.21. The summed E-state index contributed by atoms with van der Waals surface area (Å²) < 4.78 is 4.54. The van der Waals surface area contributed by atoms with E-state index < -0.39 is 0 Å². The van der Waals surface area contributed by atoms with Gasteiger partial charge in [0.15, 0.2) is 0 Å². The summed E-state index contributed by atoms with van der Waals surface area (Å²) >= 11 is 0. The van der Waals surface area contributed by atoms with Gasteiger partial charge in [0.25, 0.3) is 6.47 Å². The Bertz CT molecular complexity index is 617. The van der Waals surface area contributed by atoms with E-state index in [1.165, 1.54) is 5.56 Å². The van der Waals surface area contributed by atoms with Crippen molar-refractivity contribution >= 4 is 12.4 Å². The second-order valence-electron chi connectivity index (χ2n) is 5.38. The lowest BCUT2D eigenvalue weighted by molar-refractivity contribution is -0.129. The number of hydrogen-bond donors (Lipinski definition) is 2. The van der Waals surface area contributed by atoms with Gasteiger partial charge in [0, 0.05) is 13.1 Å². The zero-order valence-electron chi connectivity index (χ0n) is 13.5. The van der Waals surface area contributed by atoms with Crippen molar-refractivity contribution in [1.29, 1.82) is 0 Å². The maximum atomic E-state index is 11.4. The predicted molar refractivity (Wildman–Crippen MR) is 92.2 cm³/mol. The molecule has 126 valence electrons. The average Bonchev–Trinajstić information content (AvgIpc) is 2.64. The number of rotatable bonds is 5. The molecule has 5 nitrogen and oxygen atoms in total. The van der Waals surface area contributed by atoms with E-state index in [-0.39, 0.29) is 11.9 Å². The largest absolute Gasteiger partial charge is 0.463 e. The van der Waals surface area contributed by atoms with Crippen LogP contribution >= 0.6 is 0 Å². The Morgan fingerprint density at radius 1 is 0.958 bits per heavy atom. The Morgan fingerprint density at radius 2 is 1.58 bits per heavy atom. The fourth-order valence-electron chi connectivity index (χ4n) is 2.37. The Labute approximate surface area is 142 Å². The summed E-state index contributed by atoms with van der Waals surface area (Å²) in [6, 6.07) is 19.5. The van der Waals surface area contributed by atoms with E-state index in [0.29, 0.717) is 13.1 Å². The van der Waals surface area contributed by atoms with Crippen molar-refractivity contribution in [1.82, 2.24) is 10.6 Å². The number of ether oxygens (including phenoxy) is 1. The molecule has 0 bridgehead atoms. The summed E-state index contributed by atoms with van der Waals surface area (Å²) in [7, 11) is 0. The molecular formula is C19H22N2O3. The van der Waals surface area contributed by atoms with Crippen LogP contribution in [0.4, 0.5) is 0 Å². The monoisotopic (exact) mass is 326 g/mol. The standard InChI is InChI=1S/C11H14N2O.C8H8O2/c14-11-10(12-6-7-13-11)8-9-4-2-1-3-5-9;9-7-10-6-8-4-2-1-3-5-8/h1-5,10,12H,6-8H2,(H,13,14);1-5,7H,6H2. The van der Waals surface area contributed by atoms with Crippen LogP contribution in [0.25, 0.3) is 0 Å². The first kappa shape index (κ1) is 17.7. The molecule has 0 radical (unpaired) electrons. The second-order valence-corrected chi connectivity index (χ2v) is 5.38. The second kappa shape index (κ2) is 10.2. The van der Waals surface area contributed by atoms with Crippen LogP contribution in [0.15, 0.2) is 60.7 Å².